The number of carboxylic acid groups (broad SMARTS) is 1. The van der Waals surface area contributed by atoms with Crippen LogP contribution in [0, 0.1) is 0 Å². The predicted octanol–water partition coefficient (Wildman–Crippen LogP) is 1.81. The topological polar surface area (TPSA) is 91.8 Å². The number of carbonyl (C=O) groups excluding carboxylic acids is 1. The van der Waals surface area contributed by atoms with Gasteiger partial charge in [-0.25, -0.2) is 9.78 Å². The minimum atomic E-state index is -1.06. The summed E-state index contributed by atoms with van der Waals surface area (Å²) in [4.78, 5) is 28.0. The highest BCUT2D eigenvalue weighted by atomic mass is 16.5. The molecule has 110 valence electrons. The number of carboxylic acids is 1. The molecular weight excluding hydrogens is 262 g/mol. The van der Waals surface area contributed by atoms with Crippen molar-refractivity contribution in [2.75, 3.05) is 18.5 Å². The van der Waals surface area contributed by atoms with E-state index in [1.165, 1.54) is 11.1 Å². The summed E-state index contributed by atoms with van der Waals surface area (Å²) in [6.45, 7) is 5.51. The molecule has 2 N–H and O–H groups in total. The zero-order valence-corrected chi connectivity index (χ0v) is 11.8. The summed E-state index contributed by atoms with van der Waals surface area (Å²) >= 11 is 0. The minimum Gasteiger partial charge on any atom is -0.480 e. The van der Waals surface area contributed by atoms with E-state index in [1.807, 2.05) is 6.92 Å². The van der Waals surface area contributed by atoms with E-state index in [4.69, 9.17) is 9.84 Å². The highest BCUT2D eigenvalue weighted by Crippen LogP contribution is 2.12. The van der Waals surface area contributed by atoms with Crippen molar-refractivity contribution in [1.29, 1.82) is 0 Å². The molecule has 2 amide bonds. The molecule has 1 aromatic heterocycles. The van der Waals surface area contributed by atoms with Crippen molar-refractivity contribution in [1.82, 2.24) is 9.88 Å². The Morgan fingerprint density at radius 2 is 2.15 bits per heavy atom. The largest absolute Gasteiger partial charge is 0.480 e. The quantitative estimate of drug-likeness (QED) is 0.829. The lowest BCUT2D eigenvalue weighted by molar-refractivity contribution is -0.137. The third-order valence-corrected chi connectivity index (χ3v) is 2.47. The number of urea groups is 1. The van der Waals surface area contributed by atoms with E-state index in [0.717, 1.165) is 0 Å². The third-order valence-electron chi connectivity index (χ3n) is 2.47. The number of pyridine rings is 1. The molecule has 1 rings (SSSR count). The molecule has 0 saturated heterocycles. The van der Waals surface area contributed by atoms with Gasteiger partial charge < -0.3 is 20.1 Å². The second-order valence-corrected chi connectivity index (χ2v) is 4.36. The summed E-state index contributed by atoms with van der Waals surface area (Å²) in [5.74, 6) is -0.588. The van der Waals surface area contributed by atoms with Crippen LogP contribution in [0.1, 0.15) is 20.8 Å². The zero-order valence-electron chi connectivity index (χ0n) is 11.8. The fourth-order valence-electron chi connectivity index (χ4n) is 1.52. The van der Waals surface area contributed by atoms with Gasteiger partial charge in [-0.2, -0.15) is 0 Å². The first-order valence-corrected chi connectivity index (χ1v) is 6.32. The molecule has 1 aromatic rings. The first kappa shape index (κ1) is 15.7. The number of nitrogens with one attached hydrogen (secondary N) is 1. The van der Waals surface area contributed by atoms with Crippen molar-refractivity contribution in [3.8, 4) is 5.88 Å². The molecule has 0 unspecified atom stereocenters. The number of anilines is 1. The van der Waals surface area contributed by atoms with Crippen molar-refractivity contribution >= 4 is 17.7 Å². The van der Waals surface area contributed by atoms with Gasteiger partial charge in [0.25, 0.3) is 0 Å². The molecule has 0 atom stereocenters. The van der Waals surface area contributed by atoms with Gasteiger partial charge in [-0.3, -0.25) is 4.79 Å². The van der Waals surface area contributed by atoms with Gasteiger partial charge >= 0.3 is 12.0 Å². The molecule has 0 fully saturated rings. The van der Waals surface area contributed by atoms with Crippen LogP contribution in [0.2, 0.25) is 0 Å². The van der Waals surface area contributed by atoms with Gasteiger partial charge in [-0.05, 0) is 26.8 Å². The number of hydrogen-bond acceptors (Lipinski definition) is 4. The van der Waals surface area contributed by atoms with Crippen LogP contribution in [-0.2, 0) is 4.79 Å². The van der Waals surface area contributed by atoms with E-state index < -0.39 is 12.0 Å². The van der Waals surface area contributed by atoms with Crippen LogP contribution in [0.4, 0.5) is 10.5 Å². The third kappa shape index (κ3) is 4.75. The number of amides is 2. The van der Waals surface area contributed by atoms with E-state index in [2.05, 4.69) is 10.3 Å². The SMILES string of the molecule is CCOc1ccc(NC(=O)N(CC(=O)O)C(C)C)cn1. The zero-order chi connectivity index (χ0) is 15.1. The monoisotopic (exact) mass is 281 g/mol. The molecule has 0 saturated carbocycles. The number of hydrogen-bond donors (Lipinski definition) is 2. The van der Waals surface area contributed by atoms with E-state index in [0.29, 0.717) is 18.2 Å². The number of rotatable bonds is 6. The Kier molecular flexibility index (Phi) is 5.76. The molecule has 0 aliphatic carbocycles. The van der Waals surface area contributed by atoms with Gasteiger partial charge in [0.1, 0.15) is 6.54 Å². The molecule has 0 aliphatic heterocycles. The normalized spacial score (nSPS) is 10.2. The van der Waals surface area contributed by atoms with Crippen LogP contribution in [0.15, 0.2) is 18.3 Å². The average molecular weight is 281 g/mol. The lowest BCUT2D eigenvalue weighted by Gasteiger charge is -2.25. The molecule has 20 heavy (non-hydrogen) atoms. The Balaban J connectivity index is 2.69. The Labute approximate surface area is 117 Å². The van der Waals surface area contributed by atoms with Gasteiger partial charge in [0.15, 0.2) is 0 Å². The van der Waals surface area contributed by atoms with Crippen molar-refractivity contribution in [2.24, 2.45) is 0 Å². The Bertz CT molecular complexity index is 459. The lowest BCUT2D eigenvalue weighted by atomic mass is 10.3. The van der Waals surface area contributed by atoms with Crippen LogP contribution < -0.4 is 10.1 Å². The van der Waals surface area contributed by atoms with Crippen LogP contribution in [0.3, 0.4) is 0 Å². The Morgan fingerprint density at radius 1 is 1.45 bits per heavy atom. The maximum Gasteiger partial charge on any atom is 0.323 e. The molecule has 0 radical (unpaired) electrons. The van der Waals surface area contributed by atoms with Gasteiger partial charge in [-0.1, -0.05) is 0 Å². The summed E-state index contributed by atoms with van der Waals surface area (Å²) in [7, 11) is 0. The summed E-state index contributed by atoms with van der Waals surface area (Å²) in [6.07, 6.45) is 1.46. The average Bonchev–Trinajstić information content (AvgIpc) is 2.38. The summed E-state index contributed by atoms with van der Waals surface area (Å²) in [5, 5.41) is 11.4. The Hall–Kier alpha value is -2.31. The maximum atomic E-state index is 12.0. The number of aliphatic carboxylic acids is 1. The summed E-state index contributed by atoms with van der Waals surface area (Å²) in [5.41, 5.74) is 0.481. The molecule has 0 spiro atoms. The molecule has 0 bridgehead atoms. The lowest BCUT2D eigenvalue weighted by Crippen LogP contribution is -2.43. The predicted molar refractivity (Wildman–Crippen MR) is 73.9 cm³/mol. The van der Waals surface area contributed by atoms with E-state index in [9.17, 15) is 9.59 Å². The van der Waals surface area contributed by atoms with Gasteiger partial charge in [0.2, 0.25) is 5.88 Å². The fraction of sp³-hybridized carbons (Fsp3) is 0.462. The summed E-state index contributed by atoms with van der Waals surface area (Å²) < 4.78 is 5.19. The van der Waals surface area contributed by atoms with Crippen LogP contribution in [0.25, 0.3) is 0 Å². The second-order valence-electron chi connectivity index (χ2n) is 4.36. The van der Waals surface area contributed by atoms with Crippen molar-refractivity contribution in [2.45, 2.75) is 26.8 Å². The van der Waals surface area contributed by atoms with Crippen molar-refractivity contribution < 1.29 is 19.4 Å². The molecule has 7 heteroatoms. The van der Waals surface area contributed by atoms with Crippen LogP contribution >= 0.6 is 0 Å². The molecule has 1 heterocycles. The molecular formula is C13H19N3O4. The highest BCUT2D eigenvalue weighted by Gasteiger charge is 2.19. The highest BCUT2D eigenvalue weighted by molar-refractivity contribution is 5.91. The first-order valence-electron chi connectivity index (χ1n) is 6.32. The maximum absolute atomic E-state index is 12.0. The molecule has 7 nitrogen and oxygen atoms in total. The number of aromatic nitrogens is 1. The minimum absolute atomic E-state index is 0.221. The second kappa shape index (κ2) is 7.32. The van der Waals surface area contributed by atoms with Gasteiger partial charge in [-0.15, -0.1) is 0 Å². The van der Waals surface area contributed by atoms with Gasteiger partial charge in [0, 0.05) is 12.1 Å². The Morgan fingerprint density at radius 3 is 2.60 bits per heavy atom. The number of carbonyl (C=O) groups is 2. The van der Waals surface area contributed by atoms with E-state index >= 15 is 0 Å². The van der Waals surface area contributed by atoms with Crippen LogP contribution in [0.5, 0.6) is 5.88 Å². The molecule has 0 aliphatic rings. The van der Waals surface area contributed by atoms with Crippen molar-refractivity contribution in [3.63, 3.8) is 0 Å². The number of ether oxygens (including phenoxy) is 1. The van der Waals surface area contributed by atoms with E-state index in [1.54, 1.807) is 26.0 Å². The fourth-order valence-corrected chi connectivity index (χ4v) is 1.52. The van der Waals surface area contributed by atoms with Gasteiger partial charge in [0.05, 0.1) is 18.5 Å². The van der Waals surface area contributed by atoms with Crippen molar-refractivity contribution in [3.05, 3.63) is 18.3 Å². The van der Waals surface area contributed by atoms with E-state index in [-0.39, 0.29) is 12.6 Å². The first-order chi connectivity index (χ1) is 9.43. The summed E-state index contributed by atoms with van der Waals surface area (Å²) in [6, 6.07) is 2.58. The smallest absolute Gasteiger partial charge is 0.323 e. The number of nitrogens with zero attached hydrogens (tertiary/aromatic N) is 2. The standard InChI is InChI=1S/C13H19N3O4/c1-4-20-11-6-5-10(7-14-11)15-13(19)16(9(2)3)8-12(17)18/h5-7,9H,4,8H2,1-3H3,(H,15,19)(H,17,18). The molecule has 0 aromatic carbocycles. The van der Waals surface area contributed by atoms with Crippen LogP contribution in [-0.4, -0.2) is 46.2 Å².